The van der Waals surface area contributed by atoms with E-state index in [4.69, 9.17) is 10.3 Å². The molecule has 0 saturated carbocycles. The molecular formula is C11H19ClN4O2. The normalized spacial score (nSPS) is 19.6. The largest absolute Gasteiger partial charge is 0.360 e. The molecule has 0 bridgehead atoms. The van der Waals surface area contributed by atoms with Crippen LogP contribution in [0, 0.1) is 6.92 Å². The third kappa shape index (κ3) is 3.69. The Hall–Kier alpha value is -1.11. The van der Waals surface area contributed by atoms with Crippen LogP contribution in [-0.2, 0) is 4.79 Å². The van der Waals surface area contributed by atoms with Crippen molar-refractivity contribution in [1.29, 1.82) is 0 Å². The molecule has 2 rings (SSSR count). The first kappa shape index (κ1) is 14.9. The number of hydrogen-bond acceptors (Lipinski definition) is 5. The maximum absolute atomic E-state index is 11.8. The second-order valence-electron chi connectivity index (χ2n) is 4.37. The number of carbonyl (C=O) groups is 1. The van der Waals surface area contributed by atoms with Crippen LogP contribution in [0.1, 0.15) is 18.6 Å². The van der Waals surface area contributed by atoms with Crippen molar-refractivity contribution in [3.63, 3.8) is 0 Å². The van der Waals surface area contributed by atoms with Gasteiger partial charge in [0, 0.05) is 18.7 Å². The second-order valence-corrected chi connectivity index (χ2v) is 4.37. The van der Waals surface area contributed by atoms with E-state index in [1.165, 1.54) is 0 Å². The molecule has 0 spiro atoms. The summed E-state index contributed by atoms with van der Waals surface area (Å²) in [6.07, 6.45) is 2.19. The number of nitrogens with two attached hydrogens (primary N) is 1. The predicted octanol–water partition coefficient (Wildman–Crippen LogP) is 0.766. The van der Waals surface area contributed by atoms with E-state index in [-0.39, 0.29) is 18.3 Å². The summed E-state index contributed by atoms with van der Waals surface area (Å²) in [5.74, 6) is 1.08. The highest BCUT2D eigenvalue weighted by Crippen LogP contribution is 2.15. The van der Waals surface area contributed by atoms with Gasteiger partial charge in [-0.2, -0.15) is 0 Å². The molecule has 1 aromatic rings. The number of amides is 1. The Bertz CT molecular complexity index is 396. The Balaban J connectivity index is 0.00000162. The molecule has 1 aromatic heterocycles. The fourth-order valence-corrected chi connectivity index (χ4v) is 2.16. The van der Waals surface area contributed by atoms with E-state index in [2.05, 4.69) is 15.4 Å². The monoisotopic (exact) mass is 274 g/mol. The van der Waals surface area contributed by atoms with Gasteiger partial charge in [-0.1, -0.05) is 5.16 Å². The summed E-state index contributed by atoms with van der Waals surface area (Å²) in [5, 5.41) is 6.43. The van der Waals surface area contributed by atoms with Gasteiger partial charge in [-0.3, -0.25) is 9.69 Å². The zero-order chi connectivity index (χ0) is 12.3. The lowest BCUT2D eigenvalue weighted by atomic mass is 10.2. The summed E-state index contributed by atoms with van der Waals surface area (Å²) in [5.41, 5.74) is 5.66. The Morgan fingerprint density at radius 2 is 2.50 bits per heavy atom. The van der Waals surface area contributed by atoms with Crippen molar-refractivity contribution in [3.8, 4) is 0 Å². The van der Waals surface area contributed by atoms with Crippen LogP contribution < -0.4 is 11.1 Å². The lowest BCUT2D eigenvalue weighted by molar-refractivity contribution is -0.117. The summed E-state index contributed by atoms with van der Waals surface area (Å²) in [4.78, 5) is 13.9. The Labute approximate surface area is 112 Å². The van der Waals surface area contributed by atoms with E-state index in [1.807, 2.05) is 0 Å². The van der Waals surface area contributed by atoms with Crippen LogP contribution in [0.25, 0.3) is 0 Å². The minimum Gasteiger partial charge on any atom is -0.360 e. The van der Waals surface area contributed by atoms with Crippen LogP contribution in [0.4, 0.5) is 5.82 Å². The number of anilines is 1. The molecule has 1 unspecified atom stereocenters. The van der Waals surface area contributed by atoms with Crippen molar-refractivity contribution in [3.05, 3.63) is 11.8 Å². The molecule has 0 aliphatic carbocycles. The van der Waals surface area contributed by atoms with Crippen molar-refractivity contribution in [2.75, 3.05) is 25.0 Å². The molecule has 1 amide bonds. The van der Waals surface area contributed by atoms with Gasteiger partial charge in [-0.05, 0) is 26.3 Å². The molecule has 1 aliphatic heterocycles. The molecule has 1 aliphatic rings. The first-order valence-electron chi connectivity index (χ1n) is 5.86. The van der Waals surface area contributed by atoms with E-state index in [0.717, 1.165) is 19.4 Å². The van der Waals surface area contributed by atoms with Crippen molar-refractivity contribution in [2.45, 2.75) is 25.8 Å². The van der Waals surface area contributed by atoms with E-state index in [9.17, 15) is 4.79 Å². The Morgan fingerprint density at radius 1 is 1.72 bits per heavy atom. The number of likely N-dealkylation sites (tertiary alicyclic amines) is 1. The molecular weight excluding hydrogens is 256 g/mol. The highest BCUT2D eigenvalue weighted by atomic mass is 35.5. The first-order valence-corrected chi connectivity index (χ1v) is 5.86. The van der Waals surface area contributed by atoms with Crippen LogP contribution in [-0.4, -0.2) is 41.6 Å². The fraction of sp³-hybridized carbons (Fsp3) is 0.636. The summed E-state index contributed by atoms with van der Waals surface area (Å²) in [6.45, 7) is 3.70. The lowest BCUT2D eigenvalue weighted by Crippen LogP contribution is -2.40. The Kier molecular flexibility index (Phi) is 5.58. The maximum atomic E-state index is 11.8. The number of nitrogens with one attached hydrogen (secondary N) is 1. The summed E-state index contributed by atoms with van der Waals surface area (Å²) < 4.78 is 4.88. The van der Waals surface area contributed by atoms with Crippen LogP contribution in [0.2, 0.25) is 0 Å². The van der Waals surface area contributed by atoms with E-state index < -0.39 is 0 Å². The molecule has 1 fully saturated rings. The molecule has 0 aromatic carbocycles. The molecule has 102 valence electrons. The predicted molar refractivity (Wildman–Crippen MR) is 70.8 cm³/mol. The molecule has 0 radical (unpaired) electrons. The van der Waals surface area contributed by atoms with Gasteiger partial charge in [-0.25, -0.2) is 0 Å². The first-order chi connectivity index (χ1) is 8.19. The number of halogens is 1. The molecule has 6 nitrogen and oxygen atoms in total. The van der Waals surface area contributed by atoms with Gasteiger partial charge in [0.05, 0.1) is 6.54 Å². The standard InChI is InChI=1S/C11H18N4O2.ClH/c1-8-5-10(14-17-8)13-11(16)7-15-4-2-3-9(15)6-12;/h5,9H,2-4,6-7,12H2,1H3,(H,13,14,16);1H. The number of aromatic nitrogens is 1. The third-order valence-electron chi connectivity index (χ3n) is 3.01. The topological polar surface area (TPSA) is 84.4 Å². The lowest BCUT2D eigenvalue weighted by Gasteiger charge is -2.21. The maximum Gasteiger partial charge on any atom is 0.239 e. The highest BCUT2D eigenvalue weighted by molar-refractivity contribution is 5.91. The van der Waals surface area contributed by atoms with Gasteiger partial charge in [-0.15, -0.1) is 12.4 Å². The van der Waals surface area contributed by atoms with Gasteiger partial charge >= 0.3 is 0 Å². The Morgan fingerprint density at radius 3 is 3.11 bits per heavy atom. The van der Waals surface area contributed by atoms with Crippen molar-refractivity contribution < 1.29 is 9.32 Å². The fourth-order valence-electron chi connectivity index (χ4n) is 2.16. The van der Waals surface area contributed by atoms with E-state index in [0.29, 0.717) is 30.7 Å². The number of hydrogen-bond donors (Lipinski definition) is 2. The van der Waals surface area contributed by atoms with Gasteiger partial charge in [0.15, 0.2) is 5.82 Å². The quantitative estimate of drug-likeness (QED) is 0.847. The van der Waals surface area contributed by atoms with E-state index >= 15 is 0 Å². The molecule has 18 heavy (non-hydrogen) atoms. The van der Waals surface area contributed by atoms with Crippen LogP contribution >= 0.6 is 12.4 Å². The SMILES string of the molecule is Cc1cc(NC(=O)CN2CCCC2CN)no1.Cl. The van der Waals surface area contributed by atoms with Crippen molar-refractivity contribution >= 4 is 24.1 Å². The number of aryl methyl sites for hydroxylation is 1. The minimum atomic E-state index is -0.0707. The smallest absolute Gasteiger partial charge is 0.239 e. The van der Waals surface area contributed by atoms with Crippen molar-refractivity contribution in [2.24, 2.45) is 5.73 Å². The summed E-state index contributed by atoms with van der Waals surface area (Å²) in [6, 6.07) is 2.03. The number of rotatable bonds is 4. The minimum absolute atomic E-state index is 0. The zero-order valence-corrected chi connectivity index (χ0v) is 11.2. The van der Waals surface area contributed by atoms with Crippen LogP contribution in [0.15, 0.2) is 10.6 Å². The third-order valence-corrected chi connectivity index (χ3v) is 3.01. The molecule has 3 N–H and O–H groups in total. The van der Waals surface area contributed by atoms with Crippen molar-refractivity contribution in [1.82, 2.24) is 10.1 Å². The summed E-state index contributed by atoms with van der Waals surface area (Å²) >= 11 is 0. The van der Waals surface area contributed by atoms with Crippen LogP contribution in [0.3, 0.4) is 0 Å². The van der Waals surface area contributed by atoms with Crippen LogP contribution in [0.5, 0.6) is 0 Å². The molecule has 1 atom stereocenters. The van der Waals surface area contributed by atoms with E-state index in [1.54, 1.807) is 13.0 Å². The number of carbonyl (C=O) groups excluding carboxylic acids is 1. The molecule has 1 saturated heterocycles. The summed E-state index contributed by atoms with van der Waals surface area (Å²) in [7, 11) is 0. The average Bonchev–Trinajstić information content (AvgIpc) is 2.87. The van der Waals surface area contributed by atoms with Gasteiger partial charge < -0.3 is 15.6 Å². The number of nitrogens with zero attached hydrogens (tertiary/aromatic N) is 2. The average molecular weight is 275 g/mol. The van der Waals surface area contributed by atoms with Gasteiger partial charge in [0.2, 0.25) is 5.91 Å². The second kappa shape index (κ2) is 6.72. The van der Waals surface area contributed by atoms with Gasteiger partial charge in [0.25, 0.3) is 0 Å². The molecule has 2 heterocycles. The zero-order valence-electron chi connectivity index (χ0n) is 10.4. The molecule has 7 heteroatoms. The highest BCUT2D eigenvalue weighted by Gasteiger charge is 2.25. The van der Waals surface area contributed by atoms with Gasteiger partial charge in [0.1, 0.15) is 5.76 Å².